The second-order valence-corrected chi connectivity index (χ2v) is 5.99. The monoisotopic (exact) mass is 371 g/mol. The maximum Gasteiger partial charge on any atom is 0.412 e. The van der Waals surface area contributed by atoms with Gasteiger partial charge in [-0.1, -0.05) is 0 Å². The van der Waals surface area contributed by atoms with Gasteiger partial charge in [0.2, 0.25) is 0 Å². The minimum Gasteiger partial charge on any atom is -0.444 e. The Bertz CT molecular complexity index is 500. The number of amides is 1. The molecule has 0 aliphatic rings. The number of hydrogen-bond donors (Lipinski definition) is 1. The van der Waals surface area contributed by atoms with Crippen LogP contribution in [0.3, 0.4) is 0 Å². The summed E-state index contributed by atoms with van der Waals surface area (Å²) in [6.45, 7) is 4.84. The topological polar surface area (TPSA) is 38.3 Å². The number of halogens is 5. The van der Waals surface area contributed by atoms with Gasteiger partial charge in [0.15, 0.2) is 0 Å². The van der Waals surface area contributed by atoms with Crippen LogP contribution in [-0.2, 0) is 4.74 Å². The van der Waals surface area contributed by atoms with Crippen LogP contribution in [0.5, 0.6) is 0 Å². The fraction of sp³-hybridized carbons (Fsp3) is 0.462. The average Bonchev–Trinajstić information content (AvgIpc) is 2.27. The molecule has 0 unspecified atom stereocenters. The zero-order chi connectivity index (χ0) is 16.4. The van der Waals surface area contributed by atoms with Gasteiger partial charge in [-0.05, 0) is 48.8 Å². The van der Waals surface area contributed by atoms with Gasteiger partial charge in [-0.25, -0.2) is 22.4 Å². The summed E-state index contributed by atoms with van der Waals surface area (Å²) in [6.07, 6.45) is -6.83. The minimum absolute atomic E-state index is 0.182. The van der Waals surface area contributed by atoms with E-state index in [1.807, 2.05) is 0 Å². The van der Waals surface area contributed by atoms with E-state index in [1.165, 1.54) is 0 Å². The zero-order valence-electron chi connectivity index (χ0n) is 11.5. The Balaban J connectivity index is 3.11. The molecule has 0 saturated heterocycles. The van der Waals surface area contributed by atoms with Crippen molar-refractivity contribution >= 4 is 27.7 Å². The predicted molar refractivity (Wildman–Crippen MR) is 73.9 cm³/mol. The maximum atomic E-state index is 12.8. The highest BCUT2D eigenvalue weighted by Gasteiger charge is 2.23. The molecule has 0 bridgehead atoms. The first-order valence-corrected chi connectivity index (χ1v) is 6.70. The lowest BCUT2D eigenvalue weighted by atomic mass is 10.1. The summed E-state index contributed by atoms with van der Waals surface area (Å²) in [5.41, 5.74) is -2.23. The molecule has 0 atom stereocenters. The number of rotatable bonds is 3. The molecule has 0 spiro atoms. The fourth-order valence-electron chi connectivity index (χ4n) is 1.48. The average molecular weight is 372 g/mol. The molecule has 0 heterocycles. The molecule has 0 aromatic heterocycles. The third kappa shape index (κ3) is 5.18. The molecule has 118 valence electrons. The molecule has 0 aliphatic heterocycles. The van der Waals surface area contributed by atoms with Crippen LogP contribution < -0.4 is 5.32 Å². The summed E-state index contributed by atoms with van der Waals surface area (Å²) < 4.78 is 55.9. The van der Waals surface area contributed by atoms with Gasteiger partial charge in [0.05, 0.1) is 0 Å². The van der Waals surface area contributed by atoms with Crippen LogP contribution in [0.25, 0.3) is 0 Å². The molecule has 1 aromatic rings. The lowest BCUT2D eigenvalue weighted by molar-refractivity contribution is 0.0635. The van der Waals surface area contributed by atoms with Crippen LogP contribution in [0, 0.1) is 0 Å². The number of carbonyl (C=O) groups excluding carboxylic acids is 1. The second-order valence-electron chi connectivity index (χ2n) is 5.20. The Morgan fingerprint density at radius 1 is 1.14 bits per heavy atom. The molecule has 3 nitrogen and oxygen atoms in total. The normalized spacial score (nSPS) is 11.9. The number of ether oxygens (including phenoxy) is 1. The summed E-state index contributed by atoms with van der Waals surface area (Å²) in [5.74, 6) is 0. The third-order valence-electron chi connectivity index (χ3n) is 2.24. The van der Waals surface area contributed by atoms with Crippen molar-refractivity contribution in [1.82, 2.24) is 0 Å². The predicted octanol–water partition coefficient (Wildman–Crippen LogP) is 5.67. The molecule has 21 heavy (non-hydrogen) atoms. The Labute approximate surface area is 127 Å². The third-order valence-corrected chi connectivity index (χ3v) is 3.16. The summed E-state index contributed by atoms with van der Waals surface area (Å²) in [4.78, 5) is 11.6. The number of nitrogens with one attached hydrogen (secondary N) is 1. The number of alkyl halides is 4. The van der Waals surface area contributed by atoms with E-state index in [9.17, 15) is 22.4 Å². The highest BCUT2D eigenvalue weighted by Crippen LogP contribution is 2.37. The van der Waals surface area contributed by atoms with Crippen LogP contribution >= 0.6 is 15.9 Å². The largest absolute Gasteiger partial charge is 0.444 e. The lowest BCUT2D eigenvalue weighted by Gasteiger charge is -2.20. The van der Waals surface area contributed by atoms with E-state index in [0.29, 0.717) is 0 Å². The summed E-state index contributed by atoms with van der Waals surface area (Å²) >= 11 is 2.73. The van der Waals surface area contributed by atoms with Crippen molar-refractivity contribution in [3.63, 3.8) is 0 Å². The molecule has 0 fully saturated rings. The molecule has 8 heteroatoms. The van der Waals surface area contributed by atoms with Crippen molar-refractivity contribution in [2.45, 2.75) is 39.2 Å². The van der Waals surface area contributed by atoms with Crippen LogP contribution in [0.15, 0.2) is 16.6 Å². The molecule has 1 amide bonds. The van der Waals surface area contributed by atoms with Gasteiger partial charge < -0.3 is 4.74 Å². The molecular weight excluding hydrogens is 358 g/mol. The van der Waals surface area contributed by atoms with Crippen LogP contribution in [-0.4, -0.2) is 11.7 Å². The Hall–Kier alpha value is -1.31. The van der Waals surface area contributed by atoms with Gasteiger partial charge in [-0.15, -0.1) is 0 Å². The number of carbonyl (C=O) groups is 1. The van der Waals surface area contributed by atoms with E-state index >= 15 is 0 Å². The van der Waals surface area contributed by atoms with Gasteiger partial charge in [-0.3, -0.25) is 5.32 Å². The Kier molecular flexibility index (Phi) is 5.61. The molecule has 1 rings (SSSR count). The summed E-state index contributed by atoms with van der Waals surface area (Å²) in [7, 11) is 0. The van der Waals surface area contributed by atoms with Gasteiger partial charge in [0, 0.05) is 21.3 Å². The van der Waals surface area contributed by atoms with E-state index in [1.54, 1.807) is 20.8 Å². The Morgan fingerprint density at radius 3 is 1.90 bits per heavy atom. The quantitative estimate of drug-likeness (QED) is 0.695. The first-order valence-electron chi connectivity index (χ1n) is 5.91. The molecule has 0 saturated carbocycles. The van der Waals surface area contributed by atoms with Crippen LogP contribution in [0.2, 0.25) is 0 Å². The summed E-state index contributed by atoms with van der Waals surface area (Å²) in [5, 5.41) is 2.17. The highest BCUT2D eigenvalue weighted by molar-refractivity contribution is 9.10. The SMILES string of the molecule is CC(C)(C)OC(=O)Nc1cc(C(F)F)c(Br)c(C(F)F)c1. The Morgan fingerprint density at radius 2 is 1.57 bits per heavy atom. The van der Waals surface area contributed by atoms with Crippen LogP contribution in [0.4, 0.5) is 28.0 Å². The number of anilines is 1. The van der Waals surface area contributed by atoms with Gasteiger partial charge in [-0.2, -0.15) is 0 Å². The molecule has 0 radical (unpaired) electrons. The second kappa shape index (κ2) is 6.64. The van der Waals surface area contributed by atoms with Crippen molar-refractivity contribution in [2.24, 2.45) is 0 Å². The van der Waals surface area contributed by atoms with Crippen molar-refractivity contribution in [3.8, 4) is 0 Å². The maximum absolute atomic E-state index is 12.8. The van der Waals surface area contributed by atoms with E-state index in [-0.39, 0.29) is 10.2 Å². The lowest BCUT2D eigenvalue weighted by Crippen LogP contribution is -2.27. The number of hydrogen-bond acceptors (Lipinski definition) is 2. The first kappa shape index (κ1) is 17.7. The van der Waals surface area contributed by atoms with Crippen molar-refractivity contribution < 1.29 is 27.1 Å². The van der Waals surface area contributed by atoms with Crippen LogP contribution in [0.1, 0.15) is 44.7 Å². The molecule has 1 N–H and O–H groups in total. The van der Waals surface area contributed by atoms with E-state index < -0.39 is 35.7 Å². The van der Waals surface area contributed by atoms with Crippen molar-refractivity contribution in [1.29, 1.82) is 0 Å². The number of benzene rings is 1. The first-order chi connectivity index (χ1) is 9.51. The van der Waals surface area contributed by atoms with Gasteiger partial charge in [0.25, 0.3) is 12.9 Å². The smallest absolute Gasteiger partial charge is 0.412 e. The van der Waals surface area contributed by atoms with Gasteiger partial charge >= 0.3 is 6.09 Å². The van der Waals surface area contributed by atoms with Crippen molar-refractivity contribution in [2.75, 3.05) is 5.32 Å². The van der Waals surface area contributed by atoms with E-state index in [2.05, 4.69) is 21.2 Å². The van der Waals surface area contributed by atoms with E-state index in [0.717, 1.165) is 12.1 Å². The molecule has 0 aliphatic carbocycles. The fourth-order valence-corrected chi connectivity index (χ4v) is 2.06. The summed E-state index contributed by atoms with van der Waals surface area (Å²) in [6, 6.07) is 1.84. The highest BCUT2D eigenvalue weighted by atomic mass is 79.9. The molecular formula is C13H14BrF4NO2. The van der Waals surface area contributed by atoms with Crippen molar-refractivity contribution in [3.05, 3.63) is 27.7 Å². The minimum atomic E-state index is -2.96. The van der Waals surface area contributed by atoms with E-state index in [4.69, 9.17) is 4.74 Å². The standard InChI is InChI=1S/C13H14BrF4NO2/c1-13(2,3)21-12(20)19-6-4-7(10(15)16)9(14)8(5-6)11(17)18/h4-5,10-11H,1-3H3,(H,19,20). The molecule has 1 aromatic carbocycles. The zero-order valence-corrected chi connectivity index (χ0v) is 13.1. The van der Waals surface area contributed by atoms with Gasteiger partial charge in [0.1, 0.15) is 5.60 Å².